The molecule has 2 aromatic heterocycles. The van der Waals surface area contributed by atoms with Crippen molar-refractivity contribution in [2.24, 2.45) is 0 Å². The molecule has 7 nitrogen and oxygen atoms in total. The summed E-state index contributed by atoms with van der Waals surface area (Å²) in [5.41, 5.74) is 2.53. The number of nitriles is 1. The van der Waals surface area contributed by atoms with Crippen LogP contribution in [-0.2, 0) is 0 Å². The lowest BCUT2D eigenvalue weighted by molar-refractivity contribution is 0.428. The average Bonchev–Trinajstić information content (AvgIpc) is 3.18. The second-order valence-corrected chi connectivity index (χ2v) is 5.95. The normalized spacial score (nSPS) is 14.1. The van der Waals surface area contributed by atoms with Gasteiger partial charge in [-0.1, -0.05) is 28.9 Å². The summed E-state index contributed by atoms with van der Waals surface area (Å²) in [7, 11) is 0. The van der Waals surface area contributed by atoms with E-state index >= 15 is 0 Å². The van der Waals surface area contributed by atoms with Crippen molar-refractivity contribution >= 4 is 11.9 Å². The van der Waals surface area contributed by atoms with E-state index in [1.54, 1.807) is 6.20 Å². The van der Waals surface area contributed by atoms with E-state index in [-0.39, 0.29) is 0 Å². The maximum atomic E-state index is 9.17. The predicted molar refractivity (Wildman–Crippen MR) is 95.9 cm³/mol. The van der Waals surface area contributed by atoms with Crippen LogP contribution in [0.2, 0.25) is 0 Å². The molecular weight excluding hydrogens is 328 g/mol. The number of hydrogen-bond acceptors (Lipinski definition) is 7. The van der Waals surface area contributed by atoms with Crippen molar-refractivity contribution in [3.8, 4) is 17.5 Å². The molecule has 3 aromatic rings. The summed E-state index contributed by atoms with van der Waals surface area (Å²) in [6.07, 6.45) is 6.85. The minimum Gasteiger partial charge on any atom is -0.354 e. The Morgan fingerprint density at radius 1 is 1.08 bits per heavy atom. The first-order valence-electron chi connectivity index (χ1n) is 8.38. The third-order valence-corrected chi connectivity index (χ3v) is 4.29. The van der Waals surface area contributed by atoms with Crippen molar-refractivity contribution in [3.63, 3.8) is 0 Å². The van der Waals surface area contributed by atoms with Gasteiger partial charge in [-0.2, -0.15) is 10.2 Å². The summed E-state index contributed by atoms with van der Waals surface area (Å²) < 4.78 is 5.34. The Morgan fingerprint density at radius 3 is 2.62 bits per heavy atom. The lowest BCUT2D eigenvalue weighted by Gasteiger charge is -2.29. The highest BCUT2D eigenvalue weighted by molar-refractivity contribution is 5.56. The summed E-state index contributed by atoms with van der Waals surface area (Å²) in [4.78, 5) is 14.9. The quantitative estimate of drug-likeness (QED) is 0.721. The molecule has 128 valence electrons. The Kier molecular flexibility index (Phi) is 4.39. The molecule has 1 aromatic carbocycles. The Labute approximate surface area is 150 Å². The summed E-state index contributed by atoms with van der Waals surface area (Å²) in [6, 6.07) is 11.8. The predicted octanol–water partition coefficient (Wildman–Crippen LogP) is 3.08. The zero-order valence-electron chi connectivity index (χ0n) is 14.0. The van der Waals surface area contributed by atoms with Gasteiger partial charge in [0.15, 0.2) is 17.3 Å². The van der Waals surface area contributed by atoms with Crippen molar-refractivity contribution in [2.75, 3.05) is 18.0 Å². The highest BCUT2D eigenvalue weighted by Crippen LogP contribution is 2.24. The van der Waals surface area contributed by atoms with Crippen LogP contribution >= 0.6 is 0 Å². The van der Waals surface area contributed by atoms with Gasteiger partial charge in [-0.3, -0.25) is 0 Å². The molecule has 1 aliphatic heterocycles. The van der Waals surface area contributed by atoms with Gasteiger partial charge in [0.25, 0.3) is 5.89 Å². The van der Waals surface area contributed by atoms with Crippen LogP contribution in [0, 0.1) is 11.3 Å². The van der Waals surface area contributed by atoms with Crippen LogP contribution in [0.25, 0.3) is 17.5 Å². The van der Waals surface area contributed by atoms with E-state index in [0.717, 1.165) is 31.5 Å². The molecule has 3 heterocycles. The van der Waals surface area contributed by atoms with Gasteiger partial charge in [-0.25, -0.2) is 9.97 Å². The van der Waals surface area contributed by atoms with Crippen molar-refractivity contribution in [2.45, 2.75) is 12.8 Å². The minimum absolute atomic E-state index is 0.366. The molecular formula is C19H16N6O. The number of piperidine rings is 1. The zero-order chi connectivity index (χ0) is 17.8. The molecule has 0 spiro atoms. The van der Waals surface area contributed by atoms with Gasteiger partial charge in [-0.15, -0.1) is 0 Å². The number of anilines is 1. The smallest absolute Gasteiger partial charge is 0.258 e. The first kappa shape index (κ1) is 16.0. The first-order valence-corrected chi connectivity index (χ1v) is 8.38. The fourth-order valence-corrected chi connectivity index (χ4v) is 2.97. The van der Waals surface area contributed by atoms with Crippen LogP contribution in [-0.4, -0.2) is 33.2 Å². The molecule has 4 rings (SSSR count). The molecule has 0 bridgehead atoms. The average molecular weight is 344 g/mol. The van der Waals surface area contributed by atoms with Gasteiger partial charge in [0.2, 0.25) is 0 Å². The third-order valence-electron chi connectivity index (χ3n) is 4.29. The van der Waals surface area contributed by atoms with Gasteiger partial charge < -0.3 is 9.42 Å². The van der Waals surface area contributed by atoms with Gasteiger partial charge in [0.05, 0.1) is 0 Å². The number of hydrogen-bond donors (Lipinski definition) is 0. The minimum atomic E-state index is 0.366. The van der Waals surface area contributed by atoms with Crippen molar-refractivity contribution in [3.05, 3.63) is 59.8 Å². The molecule has 0 unspecified atom stereocenters. The monoisotopic (exact) mass is 344 g/mol. The Hall–Kier alpha value is -3.53. The van der Waals surface area contributed by atoms with Crippen LogP contribution in [0.3, 0.4) is 0 Å². The van der Waals surface area contributed by atoms with E-state index in [9.17, 15) is 5.26 Å². The third kappa shape index (κ3) is 3.30. The number of aromatic nitrogens is 4. The Morgan fingerprint density at radius 2 is 1.85 bits per heavy atom. The maximum Gasteiger partial charge on any atom is 0.258 e. The van der Waals surface area contributed by atoms with E-state index in [2.05, 4.69) is 31.1 Å². The molecule has 0 saturated carbocycles. The van der Waals surface area contributed by atoms with Crippen molar-refractivity contribution in [1.82, 2.24) is 20.1 Å². The number of rotatable bonds is 3. The maximum absolute atomic E-state index is 9.17. The van der Waals surface area contributed by atoms with Gasteiger partial charge in [-0.05, 0) is 31.1 Å². The Bertz CT molecular complexity index is 963. The summed E-state index contributed by atoms with van der Waals surface area (Å²) in [6.45, 7) is 1.56. The Balaban J connectivity index is 1.45. The topological polar surface area (TPSA) is 91.7 Å². The molecule has 0 atom stereocenters. The number of benzene rings is 1. The largest absolute Gasteiger partial charge is 0.354 e. The lowest BCUT2D eigenvalue weighted by Crippen LogP contribution is -2.32. The van der Waals surface area contributed by atoms with Crippen LogP contribution in [0.4, 0.5) is 5.82 Å². The van der Waals surface area contributed by atoms with E-state index in [4.69, 9.17) is 4.52 Å². The summed E-state index contributed by atoms with van der Waals surface area (Å²) in [5.74, 6) is 1.76. The molecule has 0 aliphatic carbocycles. The lowest BCUT2D eigenvalue weighted by atomic mass is 10.0. The molecule has 0 N–H and O–H groups in total. The molecule has 0 amide bonds. The number of nitrogens with zero attached hydrogens (tertiary/aromatic N) is 6. The molecule has 26 heavy (non-hydrogen) atoms. The second kappa shape index (κ2) is 7.15. The van der Waals surface area contributed by atoms with Crippen LogP contribution in [0.1, 0.15) is 24.4 Å². The summed E-state index contributed by atoms with van der Waals surface area (Å²) in [5, 5.41) is 13.2. The second-order valence-electron chi connectivity index (χ2n) is 5.95. The van der Waals surface area contributed by atoms with Crippen molar-refractivity contribution in [1.29, 1.82) is 5.26 Å². The van der Waals surface area contributed by atoms with E-state index in [0.29, 0.717) is 23.2 Å². The fourth-order valence-electron chi connectivity index (χ4n) is 2.97. The molecule has 1 fully saturated rings. The van der Waals surface area contributed by atoms with E-state index in [1.807, 2.05) is 36.4 Å². The first-order chi connectivity index (χ1) is 12.8. The van der Waals surface area contributed by atoms with E-state index < -0.39 is 0 Å². The molecule has 1 aliphatic rings. The molecule has 7 heteroatoms. The van der Waals surface area contributed by atoms with Gasteiger partial charge >= 0.3 is 0 Å². The van der Waals surface area contributed by atoms with Crippen molar-refractivity contribution < 1.29 is 4.52 Å². The highest BCUT2D eigenvalue weighted by Gasteiger charge is 2.19. The van der Waals surface area contributed by atoms with Gasteiger partial charge in [0, 0.05) is 31.0 Å². The highest BCUT2D eigenvalue weighted by atomic mass is 16.5. The van der Waals surface area contributed by atoms with E-state index in [1.165, 1.54) is 11.8 Å². The fraction of sp³-hybridized carbons (Fsp3) is 0.211. The standard InChI is InChI=1S/C19H16N6O/c20-13-16-18(22-9-8-21-16)25-10-6-14(7-11-25)12-17-23-19(26-24-17)15-4-2-1-3-5-15/h1-5,8-9,12H,6-7,10-11H2. The summed E-state index contributed by atoms with van der Waals surface area (Å²) >= 11 is 0. The molecule has 1 saturated heterocycles. The molecule has 0 radical (unpaired) electrons. The van der Waals surface area contributed by atoms with Crippen LogP contribution in [0.15, 0.2) is 52.8 Å². The zero-order valence-corrected chi connectivity index (χ0v) is 14.0. The van der Waals surface area contributed by atoms with Gasteiger partial charge in [0.1, 0.15) is 6.07 Å². The SMILES string of the molecule is N#Cc1nccnc1N1CCC(=Cc2noc(-c3ccccc3)n2)CC1. The van der Waals surface area contributed by atoms with Crippen LogP contribution in [0.5, 0.6) is 0 Å². The van der Waals surface area contributed by atoms with Crippen LogP contribution < -0.4 is 4.90 Å².